The molecule has 0 radical (unpaired) electrons. The Morgan fingerprint density at radius 2 is 2.00 bits per heavy atom. The van der Waals surface area contributed by atoms with E-state index in [1.165, 1.54) is 18.2 Å². The molecule has 0 aromatic heterocycles. The highest BCUT2D eigenvalue weighted by Gasteiger charge is 2.38. The predicted molar refractivity (Wildman–Crippen MR) is 85.2 cm³/mol. The van der Waals surface area contributed by atoms with Crippen LogP contribution in [0.2, 0.25) is 0 Å². The highest BCUT2D eigenvalue weighted by molar-refractivity contribution is 7.79. The van der Waals surface area contributed by atoms with Gasteiger partial charge in [-0.25, -0.2) is 4.21 Å². The first kappa shape index (κ1) is 16.9. The molecule has 1 aromatic carbocycles. The normalized spacial score (nSPS) is 23.4. The smallest absolute Gasteiger partial charge is 0.297 e. The van der Waals surface area contributed by atoms with Gasteiger partial charge in [-0.1, -0.05) is 40.9 Å². The lowest BCUT2D eigenvalue weighted by atomic mass is 10.2. The largest absolute Gasteiger partial charge is 0.448 e. The van der Waals surface area contributed by atoms with Gasteiger partial charge in [0.2, 0.25) is 0 Å². The van der Waals surface area contributed by atoms with Gasteiger partial charge in [0.15, 0.2) is 11.1 Å². The number of rotatable bonds is 3. The van der Waals surface area contributed by atoms with Crippen molar-refractivity contribution >= 4 is 57.5 Å². The minimum absolute atomic E-state index is 0.0359. The third-order valence-corrected chi connectivity index (χ3v) is 4.81. The molecule has 2 rings (SSSR count). The second-order valence-corrected chi connectivity index (χ2v) is 6.84. The molecule has 0 spiro atoms. The number of halogens is 4. The van der Waals surface area contributed by atoms with E-state index in [1.807, 2.05) is 0 Å². The Hall–Kier alpha value is -0.430. The van der Waals surface area contributed by atoms with Crippen molar-refractivity contribution in [2.75, 3.05) is 0 Å². The van der Waals surface area contributed by atoms with E-state index in [4.69, 9.17) is 51.1 Å². The summed E-state index contributed by atoms with van der Waals surface area (Å²) >= 11 is 21.7. The fraction of sp³-hybridized carbons (Fsp3) is 0.167. The number of aryl methyl sites for hydroxylation is 1. The first-order chi connectivity index (χ1) is 9.73. The van der Waals surface area contributed by atoms with Crippen molar-refractivity contribution in [3.63, 3.8) is 0 Å². The van der Waals surface area contributed by atoms with Crippen molar-refractivity contribution in [3.8, 4) is 5.75 Å². The first-order valence-electron chi connectivity index (χ1n) is 5.53. The van der Waals surface area contributed by atoms with Crippen LogP contribution < -0.4 is 10.1 Å². The van der Waals surface area contributed by atoms with Crippen LogP contribution >= 0.6 is 46.4 Å². The Morgan fingerprint density at radius 3 is 2.62 bits per heavy atom. The highest BCUT2D eigenvalue weighted by atomic mass is 35.5. The van der Waals surface area contributed by atoms with Gasteiger partial charge >= 0.3 is 0 Å². The number of ether oxygens (including phenoxy) is 1. The average molecular weight is 389 g/mol. The summed E-state index contributed by atoms with van der Waals surface area (Å²) in [6, 6.07) is 4.73. The Labute approximate surface area is 143 Å². The number of nitrogens with one attached hydrogen (secondary N) is 1. The fourth-order valence-electron chi connectivity index (χ4n) is 1.59. The van der Waals surface area contributed by atoms with Gasteiger partial charge in [-0.15, -0.1) is 0 Å². The molecule has 4 nitrogen and oxygen atoms in total. The van der Waals surface area contributed by atoms with E-state index < -0.39 is 16.3 Å². The number of alkyl halides is 1. The zero-order chi connectivity index (χ0) is 15.8. The monoisotopic (exact) mass is 387 g/mol. The zero-order valence-corrected chi connectivity index (χ0v) is 14.3. The van der Waals surface area contributed by atoms with Gasteiger partial charge in [0.05, 0.1) is 5.03 Å². The SMILES string of the molecule is Cc1ccc(OC2(Cl)NC(Cl)=C(Cl)C=C2Cl)c(S(=O)O)c1. The second-order valence-electron chi connectivity index (χ2n) is 4.18. The summed E-state index contributed by atoms with van der Waals surface area (Å²) in [5, 5.41) is 1.15. The van der Waals surface area contributed by atoms with Crippen LogP contribution in [0.1, 0.15) is 5.56 Å². The van der Waals surface area contributed by atoms with E-state index in [2.05, 4.69) is 5.32 Å². The van der Waals surface area contributed by atoms with Gasteiger partial charge in [0.1, 0.15) is 20.8 Å². The number of dihydropyridines is 1. The van der Waals surface area contributed by atoms with E-state index >= 15 is 0 Å². The summed E-state index contributed by atoms with van der Waals surface area (Å²) in [6.07, 6.45) is 1.33. The number of hydrogen-bond acceptors (Lipinski definition) is 3. The van der Waals surface area contributed by atoms with Gasteiger partial charge in [0.25, 0.3) is 5.18 Å². The lowest BCUT2D eigenvalue weighted by Crippen LogP contribution is -2.46. The van der Waals surface area contributed by atoms with Crippen molar-refractivity contribution in [2.24, 2.45) is 0 Å². The summed E-state index contributed by atoms with van der Waals surface area (Å²) < 4.78 is 26.3. The van der Waals surface area contributed by atoms with E-state index in [-0.39, 0.29) is 25.9 Å². The van der Waals surface area contributed by atoms with Crippen LogP contribution in [0.4, 0.5) is 0 Å². The lowest BCUT2D eigenvalue weighted by molar-refractivity contribution is 0.172. The van der Waals surface area contributed by atoms with E-state index in [0.29, 0.717) is 0 Å². The molecule has 0 bridgehead atoms. The third-order valence-electron chi connectivity index (χ3n) is 2.58. The topological polar surface area (TPSA) is 58.6 Å². The van der Waals surface area contributed by atoms with E-state index in [9.17, 15) is 8.76 Å². The molecule has 1 aromatic rings. The van der Waals surface area contributed by atoms with E-state index in [1.54, 1.807) is 13.0 Å². The van der Waals surface area contributed by atoms with Crippen LogP contribution in [0.25, 0.3) is 0 Å². The highest BCUT2D eigenvalue weighted by Crippen LogP contribution is 2.38. The minimum Gasteiger partial charge on any atom is -0.448 e. The molecule has 0 saturated carbocycles. The Kier molecular flexibility index (Phi) is 5.13. The molecular weight excluding hydrogens is 380 g/mol. The maximum atomic E-state index is 11.4. The molecule has 9 heteroatoms. The van der Waals surface area contributed by atoms with Crippen molar-refractivity contribution in [1.29, 1.82) is 0 Å². The molecule has 1 aliphatic rings. The number of benzene rings is 1. The van der Waals surface area contributed by atoms with Crippen LogP contribution in [0.5, 0.6) is 5.75 Å². The minimum atomic E-state index is -2.25. The average Bonchev–Trinajstić information content (AvgIpc) is 2.38. The zero-order valence-electron chi connectivity index (χ0n) is 10.5. The summed E-state index contributed by atoms with van der Waals surface area (Å²) in [6.45, 7) is 1.78. The Morgan fingerprint density at radius 1 is 1.33 bits per heavy atom. The molecule has 2 atom stereocenters. The summed E-state index contributed by atoms with van der Waals surface area (Å²) in [5.74, 6) is 0.0953. The molecule has 2 unspecified atom stereocenters. The van der Waals surface area contributed by atoms with Gasteiger partial charge < -0.3 is 14.6 Å². The quantitative estimate of drug-likeness (QED) is 0.462. The second kappa shape index (κ2) is 6.36. The molecule has 114 valence electrons. The van der Waals surface area contributed by atoms with Crippen LogP contribution in [0.3, 0.4) is 0 Å². The van der Waals surface area contributed by atoms with Crippen LogP contribution in [0.15, 0.2) is 44.4 Å². The summed E-state index contributed by atoms with van der Waals surface area (Å²) in [5.41, 5.74) is 0.794. The molecule has 2 N–H and O–H groups in total. The molecule has 1 aliphatic heterocycles. The first-order valence-corrected chi connectivity index (χ1v) is 8.15. The molecule has 1 heterocycles. The van der Waals surface area contributed by atoms with Crippen molar-refractivity contribution in [2.45, 2.75) is 17.0 Å². The Bertz CT molecular complexity index is 676. The molecule has 0 saturated heterocycles. The van der Waals surface area contributed by atoms with Crippen molar-refractivity contribution in [1.82, 2.24) is 5.32 Å². The third kappa shape index (κ3) is 3.67. The van der Waals surface area contributed by atoms with Gasteiger partial charge in [0, 0.05) is 0 Å². The van der Waals surface area contributed by atoms with Gasteiger partial charge in [-0.05, 0) is 42.3 Å². The maximum absolute atomic E-state index is 11.4. The molecule has 0 fully saturated rings. The lowest BCUT2D eigenvalue weighted by Gasteiger charge is -2.32. The maximum Gasteiger partial charge on any atom is 0.297 e. The van der Waals surface area contributed by atoms with Crippen LogP contribution in [-0.2, 0) is 11.1 Å². The number of hydrogen-bond donors (Lipinski definition) is 2. The fourth-order valence-corrected chi connectivity index (χ4v) is 3.03. The molecular formula is C12H9Cl4NO3S. The molecule has 0 amide bonds. The van der Waals surface area contributed by atoms with Gasteiger partial charge in [-0.2, -0.15) is 0 Å². The van der Waals surface area contributed by atoms with Crippen molar-refractivity contribution < 1.29 is 13.5 Å². The van der Waals surface area contributed by atoms with Crippen LogP contribution in [-0.4, -0.2) is 13.9 Å². The van der Waals surface area contributed by atoms with Crippen LogP contribution in [0, 0.1) is 6.92 Å². The van der Waals surface area contributed by atoms with Crippen molar-refractivity contribution in [3.05, 3.63) is 45.1 Å². The Balaban J connectivity index is 2.39. The van der Waals surface area contributed by atoms with Gasteiger partial charge in [-0.3, -0.25) is 0 Å². The number of allylic oxidation sites excluding steroid dienone is 2. The molecule has 0 aliphatic carbocycles. The van der Waals surface area contributed by atoms with E-state index in [0.717, 1.165) is 5.56 Å². The summed E-state index contributed by atoms with van der Waals surface area (Å²) in [4.78, 5) is 0.0677. The molecule has 21 heavy (non-hydrogen) atoms. The predicted octanol–water partition coefficient (Wildman–Crippen LogP) is 4.22. The standard InChI is InChI=1S/C12H9Cl4NO3S/c1-6-2-3-8(9(4-6)21(18)19)20-12(16)10(14)5-7(13)11(15)17-12/h2-5,17H,1H3,(H,18,19). The summed E-state index contributed by atoms with van der Waals surface area (Å²) in [7, 11) is 0.